The van der Waals surface area contributed by atoms with E-state index in [0.29, 0.717) is 11.5 Å². The fourth-order valence-corrected chi connectivity index (χ4v) is 2.76. The standard InChI is InChI=1S/C14H18ClNO/c15-9-14(5-6-14)10-16-8-12-7-11-3-1-2-4-13(11)17-12/h1-4,12,16H,5-10H2. The molecule has 92 valence electrons. The highest BCUT2D eigenvalue weighted by molar-refractivity contribution is 6.18. The molecule has 1 aromatic rings. The van der Waals surface area contributed by atoms with E-state index < -0.39 is 0 Å². The Hall–Kier alpha value is -0.730. The van der Waals surface area contributed by atoms with E-state index >= 15 is 0 Å². The van der Waals surface area contributed by atoms with Crippen molar-refractivity contribution < 1.29 is 4.74 Å². The summed E-state index contributed by atoms with van der Waals surface area (Å²) in [6.45, 7) is 1.96. The van der Waals surface area contributed by atoms with Crippen LogP contribution in [0.15, 0.2) is 24.3 Å². The van der Waals surface area contributed by atoms with Gasteiger partial charge in [0.1, 0.15) is 11.9 Å². The summed E-state index contributed by atoms with van der Waals surface area (Å²) in [5, 5.41) is 3.51. The van der Waals surface area contributed by atoms with E-state index in [9.17, 15) is 0 Å². The number of fused-ring (bicyclic) bond motifs is 1. The molecule has 1 N–H and O–H groups in total. The molecule has 0 radical (unpaired) electrons. The molecule has 0 saturated heterocycles. The third-order valence-electron chi connectivity index (χ3n) is 3.83. The zero-order valence-electron chi connectivity index (χ0n) is 9.92. The monoisotopic (exact) mass is 251 g/mol. The molecule has 1 heterocycles. The van der Waals surface area contributed by atoms with Gasteiger partial charge in [0.15, 0.2) is 0 Å². The fourth-order valence-electron chi connectivity index (χ4n) is 2.40. The molecule has 2 aliphatic rings. The first-order valence-electron chi connectivity index (χ1n) is 6.33. The van der Waals surface area contributed by atoms with Gasteiger partial charge in [-0.15, -0.1) is 11.6 Å². The average molecular weight is 252 g/mol. The molecule has 3 rings (SSSR count). The molecule has 0 amide bonds. The van der Waals surface area contributed by atoms with Crippen LogP contribution in [0.3, 0.4) is 0 Å². The topological polar surface area (TPSA) is 21.3 Å². The van der Waals surface area contributed by atoms with Crippen molar-refractivity contribution in [1.82, 2.24) is 5.32 Å². The highest BCUT2D eigenvalue weighted by Gasteiger charge is 2.41. The fraction of sp³-hybridized carbons (Fsp3) is 0.571. The lowest BCUT2D eigenvalue weighted by atomic mass is 10.1. The molecule has 0 spiro atoms. The van der Waals surface area contributed by atoms with Gasteiger partial charge in [-0.3, -0.25) is 0 Å². The minimum atomic E-state index is 0.290. The summed E-state index contributed by atoms with van der Waals surface area (Å²) in [7, 11) is 0. The van der Waals surface area contributed by atoms with Crippen molar-refractivity contribution in [3.8, 4) is 5.75 Å². The lowest BCUT2D eigenvalue weighted by molar-refractivity contribution is 0.224. The van der Waals surface area contributed by atoms with Gasteiger partial charge >= 0.3 is 0 Å². The highest BCUT2D eigenvalue weighted by Crippen LogP contribution is 2.45. The van der Waals surface area contributed by atoms with Crippen molar-refractivity contribution >= 4 is 11.6 Å². The van der Waals surface area contributed by atoms with Gasteiger partial charge in [0.25, 0.3) is 0 Å². The molecule has 17 heavy (non-hydrogen) atoms. The summed E-state index contributed by atoms with van der Waals surface area (Å²) in [4.78, 5) is 0. The van der Waals surface area contributed by atoms with E-state index in [4.69, 9.17) is 16.3 Å². The molecule has 1 aliphatic heterocycles. The molecular weight excluding hydrogens is 234 g/mol. The molecule has 0 bridgehead atoms. The molecule has 1 fully saturated rings. The van der Waals surface area contributed by atoms with Crippen LogP contribution in [0.1, 0.15) is 18.4 Å². The maximum atomic E-state index is 5.95. The van der Waals surface area contributed by atoms with Crippen LogP contribution in [-0.2, 0) is 6.42 Å². The lowest BCUT2D eigenvalue weighted by Gasteiger charge is -2.15. The minimum absolute atomic E-state index is 0.290. The van der Waals surface area contributed by atoms with Crippen LogP contribution in [0.5, 0.6) is 5.75 Å². The number of benzene rings is 1. The smallest absolute Gasteiger partial charge is 0.123 e. The first-order chi connectivity index (χ1) is 8.31. The Bertz CT molecular complexity index is 378. The highest BCUT2D eigenvalue weighted by atomic mass is 35.5. The van der Waals surface area contributed by atoms with E-state index in [1.165, 1.54) is 18.4 Å². The summed E-state index contributed by atoms with van der Waals surface area (Å²) in [5.74, 6) is 1.84. The Morgan fingerprint density at radius 1 is 1.35 bits per heavy atom. The van der Waals surface area contributed by atoms with Crippen LogP contribution in [-0.4, -0.2) is 25.1 Å². The van der Waals surface area contributed by atoms with E-state index in [0.717, 1.165) is 31.1 Å². The SMILES string of the molecule is ClCC1(CNCC2Cc3ccccc3O2)CC1. The van der Waals surface area contributed by atoms with E-state index in [-0.39, 0.29) is 0 Å². The Balaban J connectivity index is 1.46. The average Bonchev–Trinajstić information content (AvgIpc) is 3.01. The molecule has 1 aromatic carbocycles. The van der Waals surface area contributed by atoms with Gasteiger partial charge in [-0.1, -0.05) is 18.2 Å². The molecule has 0 aromatic heterocycles. The number of alkyl halides is 1. The predicted molar refractivity (Wildman–Crippen MR) is 69.8 cm³/mol. The molecule has 1 unspecified atom stereocenters. The van der Waals surface area contributed by atoms with Gasteiger partial charge in [0.05, 0.1) is 0 Å². The third-order valence-corrected chi connectivity index (χ3v) is 4.39. The minimum Gasteiger partial charge on any atom is -0.488 e. The summed E-state index contributed by atoms with van der Waals surface area (Å²) in [6, 6.07) is 8.30. The number of ether oxygens (including phenoxy) is 1. The molecule has 1 aliphatic carbocycles. The first kappa shape index (κ1) is 11.4. The second-order valence-corrected chi connectivity index (χ2v) is 5.58. The molecular formula is C14H18ClNO. The van der Waals surface area contributed by atoms with Gasteiger partial charge < -0.3 is 10.1 Å². The Morgan fingerprint density at radius 3 is 2.88 bits per heavy atom. The van der Waals surface area contributed by atoms with Crippen LogP contribution in [0.2, 0.25) is 0 Å². The van der Waals surface area contributed by atoms with Crippen LogP contribution >= 0.6 is 11.6 Å². The predicted octanol–water partition coefficient (Wildman–Crippen LogP) is 2.60. The normalized spacial score (nSPS) is 24.2. The summed E-state index contributed by atoms with van der Waals surface area (Å²) < 4.78 is 5.88. The second-order valence-electron chi connectivity index (χ2n) is 5.32. The van der Waals surface area contributed by atoms with Crippen LogP contribution < -0.4 is 10.1 Å². The van der Waals surface area contributed by atoms with Gasteiger partial charge in [0.2, 0.25) is 0 Å². The Morgan fingerprint density at radius 2 is 2.18 bits per heavy atom. The van der Waals surface area contributed by atoms with Crippen LogP contribution in [0.4, 0.5) is 0 Å². The largest absolute Gasteiger partial charge is 0.488 e. The first-order valence-corrected chi connectivity index (χ1v) is 6.86. The number of halogens is 1. The zero-order chi connectivity index (χ0) is 11.7. The molecule has 2 nitrogen and oxygen atoms in total. The second kappa shape index (κ2) is 4.51. The number of para-hydroxylation sites is 1. The molecule has 1 atom stereocenters. The number of rotatable bonds is 5. The van der Waals surface area contributed by atoms with Crippen LogP contribution in [0.25, 0.3) is 0 Å². The maximum absolute atomic E-state index is 5.95. The summed E-state index contributed by atoms with van der Waals surface area (Å²) in [6.07, 6.45) is 3.86. The van der Waals surface area contributed by atoms with Crippen LogP contribution in [0, 0.1) is 5.41 Å². The third kappa shape index (κ3) is 2.43. The quantitative estimate of drug-likeness (QED) is 0.813. The van der Waals surface area contributed by atoms with Crippen molar-refractivity contribution in [2.24, 2.45) is 5.41 Å². The summed E-state index contributed by atoms with van der Waals surface area (Å²) >= 11 is 5.95. The number of hydrogen-bond acceptors (Lipinski definition) is 2. The van der Waals surface area contributed by atoms with Crippen molar-refractivity contribution in [2.75, 3.05) is 19.0 Å². The zero-order valence-corrected chi connectivity index (χ0v) is 10.7. The molecule has 3 heteroatoms. The van der Waals surface area contributed by atoms with Crippen molar-refractivity contribution in [1.29, 1.82) is 0 Å². The van der Waals surface area contributed by atoms with E-state index in [1.807, 2.05) is 6.07 Å². The lowest BCUT2D eigenvalue weighted by Crippen LogP contribution is -2.34. The number of nitrogens with one attached hydrogen (secondary N) is 1. The van der Waals surface area contributed by atoms with E-state index in [2.05, 4.69) is 23.5 Å². The van der Waals surface area contributed by atoms with E-state index in [1.54, 1.807) is 0 Å². The van der Waals surface area contributed by atoms with Gasteiger partial charge in [-0.25, -0.2) is 0 Å². The van der Waals surface area contributed by atoms with Crippen molar-refractivity contribution in [3.05, 3.63) is 29.8 Å². The van der Waals surface area contributed by atoms with Crippen molar-refractivity contribution in [3.63, 3.8) is 0 Å². The number of hydrogen-bond donors (Lipinski definition) is 1. The van der Waals surface area contributed by atoms with Crippen molar-refractivity contribution in [2.45, 2.75) is 25.4 Å². The Kier molecular flexibility index (Phi) is 3.01. The molecule has 1 saturated carbocycles. The Labute approximate surface area is 107 Å². The van der Waals surface area contributed by atoms with Gasteiger partial charge in [-0.2, -0.15) is 0 Å². The maximum Gasteiger partial charge on any atom is 0.123 e. The van der Waals surface area contributed by atoms with Gasteiger partial charge in [0, 0.05) is 25.4 Å². The summed E-state index contributed by atoms with van der Waals surface area (Å²) in [5.41, 5.74) is 1.73. The van der Waals surface area contributed by atoms with Gasteiger partial charge in [-0.05, 0) is 29.9 Å².